The van der Waals surface area contributed by atoms with Gasteiger partial charge in [0.15, 0.2) is 0 Å². The van der Waals surface area contributed by atoms with Crippen molar-refractivity contribution < 1.29 is 18.5 Å². The van der Waals surface area contributed by atoms with Crippen LogP contribution < -0.4 is 0 Å². The zero-order valence-corrected chi connectivity index (χ0v) is 16.0. The Morgan fingerprint density at radius 3 is 2.12 bits per heavy atom. The molecule has 24 heavy (non-hydrogen) atoms. The van der Waals surface area contributed by atoms with Crippen LogP contribution in [0.25, 0.3) is 0 Å². The van der Waals surface area contributed by atoms with Crippen molar-refractivity contribution in [2.75, 3.05) is 19.8 Å². The van der Waals surface area contributed by atoms with Crippen LogP contribution >= 0.6 is 19.2 Å². The van der Waals surface area contributed by atoms with E-state index < -0.39 is 19.2 Å². The molecule has 0 heterocycles. The van der Waals surface area contributed by atoms with Gasteiger partial charge in [0.2, 0.25) is 6.54 Å². The molecule has 0 fully saturated rings. The average molecular weight is 378 g/mol. The molecule has 0 amide bonds. The summed E-state index contributed by atoms with van der Waals surface area (Å²) in [7, 11) is -3.47. The first-order chi connectivity index (χ1) is 11.4. The first-order valence-corrected chi connectivity index (χ1v) is 10.1. The molecule has 0 spiro atoms. The minimum Gasteiger partial charge on any atom is -0.309 e. The molecular formula is C16H25ClNO5P. The van der Waals surface area contributed by atoms with Gasteiger partial charge < -0.3 is 9.05 Å². The zero-order chi connectivity index (χ0) is 18.2. The first-order valence-electron chi connectivity index (χ1n) is 8.13. The van der Waals surface area contributed by atoms with Gasteiger partial charge in [0.05, 0.1) is 24.8 Å². The zero-order valence-electron chi connectivity index (χ0n) is 14.3. The largest absolute Gasteiger partial charge is 0.334 e. The molecule has 1 aromatic rings. The fourth-order valence-corrected chi connectivity index (χ4v) is 5.37. The predicted octanol–water partition coefficient (Wildman–Crippen LogP) is 5.14. The Bertz CT molecular complexity index is 556. The van der Waals surface area contributed by atoms with E-state index in [4.69, 9.17) is 20.6 Å². The molecule has 0 N–H and O–H groups in total. The Hall–Kier alpha value is -0.940. The van der Waals surface area contributed by atoms with Gasteiger partial charge in [-0.15, -0.1) is 0 Å². The summed E-state index contributed by atoms with van der Waals surface area (Å²) in [5.41, 5.74) is 0.142. The lowest BCUT2D eigenvalue weighted by atomic mass is 9.93. The number of nitrogens with zero attached hydrogens (tertiary/aromatic N) is 1. The van der Waals surface area contributed by atoms with Crippen LogP contribution in [0.3, 0.4) is 0 Å². The van der Waals surface area contributed by atoms with Crippen molar-refractivity contribution in [3.8, 4) is 0 Å². The quantitative estimate of drug-likeness (QED) is 0.303. The molecule has 0 aliphatic carbocycles. The van der Waals surface area contributed by atoms with Crippen LogP contribution in [-0.4, -0.2) is 30.3 Å². The summed E-state index contributed by atoms with van der Waals surface area (Å²) in [5.74, 6) is -0.568. The van der Waals surface area contributed by atoms with Crippen molar-refractivity contribution in [1.82, 2.24) is 0 Å². The maximum Gasteiger partial charge on any atom is 0.334 e. The molecule has 0 saturated heterocycles. The molecular weight excluding hydrogens is 353 g/mol. The van der Waals surface area contributed by atoms with Gasteiger partial charge in [-0.1, -0.05) is 37.1 Å². The van der Waals surface area contributed by atoms with Gasteiger partial charge in [0, 0.05) is 9.95 Å². The van der Waals surface area contributed by atoms with Crippen molar-refractivity contribution in [2.24, 2.45) is 0 Å². The number of nitro groups is 1. The number of halogens is 1. The average Bonchev–Trinajstić information content (AvgIpc) is 2.52. The highest BCUT2D eigenvalue weighted by molar-refractivity contribution is 7.54. The molecule has 8 heteroatoms. The van der Waals surface area contributed by atoms with Gasteiger partial charge in [-0.05, 0) is 38.0 Å². The number of rotatable bonds is 11. The van der Waals surface area contributed by atoms with Crippen molar-refractivity contribution in [2.45, 2.75) is 45.2 Å². The number of hydrogen-bond acceptors (Lipinski definition) is 5. The Morgan fingerprint density at radius 1 is 1.17 bits per heavy atom. The van der Waals surface area contributed by atoms with Crippen molar-refractivity contribution >= 4 is 19.2 Å². The van der Waals surface area contributed by atoms with Crippen LogP contribution in [0, 0.1) is 10.1 Å². The Morgan fingerprint density at radius 2 is 1.71 bits per heavy atom. The van der Waals surface area contributed by atoms with Gasteiger partial charge in [-0.2, -0.15) is 0 Å². The highest BCUT2D eigenvalue weighted by Gasteiger charge is 2.43. The van der Waals surface area contributed by atoms with Crippen LogP contribution in [0.5, 0.6) is 0 Å². The van der Waals surface area contributed by atoms with E-state index in [1.165, 1.54) is 0 Å². The van der Waals surface area contributed by atoms with E-state index in [9.17, 15) is 14.7 Å². The van der Waals surface area contributed by atoms with E-state index in [0.717, 1.165) is 6.42 Å². The fourth-order valence-electron chi connectivity index (χ4n) is 2.78. The summed E-state index contributed by atoms with van der Waals surface area (Å²) in [6.07, 6.45) is 1.23. The molecule has 0 aromatic heterocycles. The second-order valence-electron chi connectivity index (χ2n) is 5.40. The molecule has 0 saturated carbocycles. The van der Waals surface area contributed by atoms with Gasteiger partial charge in [0.25, 0.3) is 0 Å². The maximum atomic E-state index is 13.3. The van der Waals surface area contributed by atoms with Crippen molar-refractivity contribution in [1.29, 1.82) is 0 Å². The normalized spacial score (nSPS) is 14.3. The molecule has 1 aromatic carbocycles. The Labute approximate surface area is 148 Å². The third kappa shape index (κ3) is 5.85. The molecule has 0 aliphatic heterocycles. The summed E-state index contributed by atoms with van der Waals surface area (Å²) in [6, 6.07) is 6.83. The summed E-state index contributed by atoms with van der Waals surface area (Å²) in [6.45, 7) is 5.53. The van der Waals surface area contributed by atoms with Gasteiger partial charge in [0.1, 0.15) is 0 Å². The second-order valence-corrected chi connectivity index (χ2v) is 8.10. The first kappa shape index (κ1) is 21.1. The molecule has 0 radical (unpaired) electrons. The lowest BCUT2D eigenvalue weighted by molar-refractivity contribution is -0.483. The summed E-state index contributed by atoms with van der Waals surface area (Å²) in [5, 5.41) is 11.8. The standard InChI is InChI=1S/C16H25ClNO5P/c1-4-7-16(24(21,22-5-2)23-6-3)15(12-18(19)20)13-8-10-14(17)11-9-13/h8-11,15-16H,4-7,12H2,1-3H3/t15-,16+/m0/s1. The lowest BCUT2D eigenvalue weighted by Gasteiger charge is -2.31. The Balaban J connectivity index is 3.32. The monoisotopic (exact) mass is 377 g/mol. The number of benzene rings is 1. The van der Waals surface area contributed by atoms with E-state index in [1.54, 1.807) is 38.1 Å². The van der Waals surface area contributed by atoms with E-state index in [2.05, 4.69) is 0 Å². The van der Waals surface area contributed by atoms with E-state index in [-0.39, 0.29) is 24.7 Å². The number of hydrogen-bond donors (Lipinski definition) is 0. The van der Waals surface area contributed by atoms with Crippen LogP contribution in [0.15, 0.2) is 24.3 Å². The highest BCUT2D eigenvalue weighted by atomic mass is 35.5. The van der Waals surface area contributed by atoms with Crippen LogP contribution in [-0.2, 0) is 13.6 Å². The minimum atomic E-state index is -3.47. The topological polar surface area (TPSA) is 78.7 Å². The van der Waals surface area contributed by atoms with Gasteiger partial charge >= 0.3 is 7.60 Å². The van der Waals surface area contributed by atoms with E-state index in [0.29, 0.717) is 17.0 Å². The van der Waals surface area contributed by atoms with Crippen molar-refractivity contribution in [3.05, 3.63) is 45.0 Å². The van der Waals surface area contributed by atoms with Crippen LogP contribution in [0.2, 0.25) is 5.02 Å². The van der Waals surface area contributed by atoms with Gasteiger partial charge in [-0.25, -0.2) is 0 Å². The van der Waals surface area contributed by atoms with Crippen molar-refractivity contribution in [3.63, 3.8) is 0 Å². The highest BCUT2D eigenvalue weighted by Crippen LogP contribution is 2.59. The van der Waals surface area contributed by atoms with E-state index >= 15 is 0 Å². The van der Waals surface area contributed by atoms with Gasteiger partial charge in [-0.3, -0.25) is 14.7 Å². The second kappa shape index (κ2) is 10.1. The summed E-state index contributed by atoms with van der Waals surface area (Å²) in [4.78, 5) is 10.8. The SMILES string of the molecule is CCC[C@H]([C@@H](C[N+](=O)[O-])c1ccc(Cl)cc1)P(=O)(OCC)OCC. The molecule has 0 aliphatic rings. The Kier molecular flexibility index (Phi) is 8.92. The molecule has 0 bridgehead atoms. The molecule has 6 nitrogen and oxygen atoms in total. The minimum absolute atomic E-state index is 0.225. The van der Waals surface area contributed by atoms with E-state index in [1.807, 2.05) is 6.92 Å². The maximum absolute atomic E-state index is 13.3. The molecule has 2 atom stereocenters. The molecule has 0 unspecified atom stereocenters. The molecule has 136 valence electrons. The third-order valence-corrected chi connectivity index (χ3v) is 6.64. The fraction of sp³-hybridized carbons (Fsp3) is 0.625. The predicted molar refractivity (Wildman–Crippen MR) is 95.6 cm³/mol. The van der Waals surface area contributed by atoms with Crippen LogP contribution in [0.1, 0.15) is 45.1 Å². The van der Waals surface area contributed by atoms with Crippen LogP contribution in [0.4, 0.5) is 0 Å². The third-order valence-electron chi connectivity index (χ3n) is 3.72. The summed E-state index contributed by atoms with van der Waals surface area (Å²) >= 11 is 5.91. The summed E-state index contributed by atoms with van der Waals surface area (Å²) < 4.78 is 24.2. The smallest absolute Gasteiger partial charge is 0.309 e. The lowest BCUT2D eigenvalue weighted by Crippen LogP contribution is -2.27. The molecule has 1 rings (SSSR count).